The molecule has 2 heterocycles. The second kappa shape index (κ2) is 5.99. The van der Waals surface area contributed by atoms with Gasteiger partial charge in [-0.15, -0.1) is 0 Å². The fourth-order valence-corrected chi connectivity index (χ4v) is 1.78. The van der Waals surface area contributed by atoms with Crippen LogP contribution in [0.2, 0.25) is 0 Å². The summed E-state index contributed by atoms with van der Waals surface area (Å²) in [6.45, 7) is 2.49. The van der Waals surface area contributed by atoms with Crippen molar-refractivity contribution in [2.24, 2.45) is 0 Å². The number of anilines is 1. The Hall–Kier alpha value is -2.37. The summed E-state index contributed by atoms with van der Waals surface area (Å²) in [7, 11) is 0. The maximum absolute atomic E-state index is 11.9. The van der Waals surface area contributed by atoms with Gasteiger partial charge in [-0.1, -0.05) is 6.92 Å². The Kier molecular flexibility index (Phi) is 4.12. The number of carbonyl (C=O) groups excluding carboxylic acids is 1. The van der Waals surface area contributed by atoms with E-state index in [1.165, 1.54) is 0 Å². The van der Waals surface area contributed by atoms with Gasteiger partial charge >= 0.3 is 0 Å². The molecule has 0 fully saturated rings. The molecule has 0 saturated carbocycles. The molecule has 2 aromatic heterocycles. The summed E-state index contributed by atoms with van der Waals surface area (Å²) in [5, 5.41) is 9.51. The Morgan fingerprint density at radius 1 is 1.42 bits per heavy atom. The van der Waals surface area contributed by atoms with Crippen molar-refractivity contribution in [3.63, 3.8) is 0 Å². The highest BCUT2D eigenvalue weighted by atomic mass is 16.1. The lowest BCUT2D eigenvalue weighted by atomic mass is 10.2. The van der Waals surface area contributed by atoms with Gasteiger partial charge in [0.1, 0.15) is 0 Å². The Morgan fingerprint density at radius 2 is 2.16 bits per heavy atom. The molecule has 0 spiro atoms. The van der Waals surface area contributed by atoms with Gasteiger partial charge in [0.15, 0.2) is 5.69 Å². The molecular formula is C13H17N5O. The molecule has 0 radical (unpaired) electrons. The summed E-state index contributed by atoms with van der Waals surface area (Å²) < 4.78 is 0. The molecule has 2 aromatic rings. The maximum atomic E-state index is 11.9. The fraction of sp³-hybridized carbons (Fsp3) is 0.308. The quantitative estimate of drug-likeness (QED) is 0.744. The Bertz CT molecular complexity index is 549. The third-order valence-electron chi connectivity index (χ3n) is 2.90. The number of nitrogens with two attached hydrogens (primary N) is 1. The van der Waals surface area contributed by atoms with Crippen LogP contribution in [-0.4, -0.2) is 27.6 Å². The first-order chi connectivity index (χ1) is 9.22. The van der Waals surface area contributed by atoms with Gasteiger partial charge in [-0.25, -0.2) is 0 Å². The average molecular weight is 259 g/mol. The van der Waals surface area contributed by atoms with Crippen molar-refractivity contribution in [2.75, 3.05) is 12.3 Å². The second-order valence-corrected chi connectivity index (χ2v) is 4.18. The number of H-pyrrole nitrogens is 1. The number of nitrogen functional groups attached to an aromatic ring is 1. The predicted octanol–water partition coefficient (Wildman–Crippen LogP) is 0.922. The summed E-state index contributed by atoms with van der Waals surface area (Å²) in [4.78, 5) is 15.8. The average Bonchev–Trinajstić information content (AvgIpc) is 2.81. The van der Waals surface area contributed by atoms with Crippen LogP contribution in [0.1, 0.15) is 28.7 Å². The monoisotopic (exact) mass is 259 g/mol. The minimum Gasteiger partial charge on any atom is -0.395 e. The molecule has 0 aliphatic carbocycles. The normalized spacial score (nSPS) is 10.4. The van der Waals surface area contributed by atoms with Gasteiger partial charge in [0.25, 0.3) is 5.91 Å². The molecule has 0 saturated heterocycles. The summed E-state index contributed by atoms with van der Waals surface area (Å²) >= 11 is 0. The van der Waals surface area contributed by atoms with E-state index in [9.17, 15) is 4.79 Å². The topological polar surface area (TPSA) is 96.7 Å². The summed E-state index contributed by atoms with van der Waals surface area (Å²) in [5.41, 5.74) is 8.45. The Labute approximate surface area is 111 Å². The molecule has 0 aliphatic heterocycles. The number of hydrogen-bond donors (Lipinski definition) is 3. The van der Waals surface area contributed by atoms with Crippen molar-refractivity contribution in [1.29, 1.82) is 0 Å². The van der Waals surface area contributed by atoms with Crippen LogP contribution in [0.25, 0.3) is 0 Å². The summed E-state index contributed by atoms with van der Waals surface area (Å²) in [6.07, 6.45) is 4.94. The van der Waals surface area contributed by atoms with Crippen LogP contribution >= 0.6 is 0 Å². The number of amides is 1. The number of aromatic amines is 1. The Morgan fingerprint density at radius 3 is 2.79 bits per heavy atom. The standard InChI is InChI=1S/C13H17N5O/c1-2-10-11(14)12(18-17-10)13(19)16-8-5-9-3-6-15-7-4-9/h3-4,6-7H,2,5,8,14H2,1H3,(H,16,19)(H,17,18). The number of aryl methyl sites for hydroxylation is 1. The number of rotatable bonds is 5. The first-order valence-electron chi connectivity index (χ1n) is 6.22. The van der Waals surface area contributed by atoms with Crippen molar-refractivity contribution in [3.8, 4) is 0 Å². The van der Waals surface area contributed by atoms with E-state index in [-0.39, 0.29) is 11.6 Å². The zero-order valence-electron chi connectivity index (χ0n) is 10.8. The third kappa shape index (κ3) is 3.09. The van der Waals surface area contributed by atoms with Crippen LogP contribution in [-0.2, 0) is 12.8 Å². The van der Waals surface area contributed by atoms with Crippen molar-refractivity contribution in [3.05, 3.63) is 41.5 Å². The zero-order valence-corrected chi connectivity index (χ0v) is 10.8. The van der Waals surface area contributed by atoms with Crippen molar-refractivity contribution < 1.29 is 4.79 Å². The van der Waals surface area contributed by atoms with Crippen molar-refractivity contribution in [1.82, 2.24) is 20.5 Å². The molecule has 1 amide bonds. The molecule has 100 valence electrons. The van der Waals surface area contributed by atoms with Crippen LogP contribution in [0.4, 0.5) is 5.69 Å². The number of carbonyl (C=O) groups is 1. The molecule has 6 nitrogen and oxygen atoms in total. The number of hydrogen-bond acceptors (Lipinski definition) is 4. The SMILES string of the molecule is CCc1[nH]nc(C(=O)NCCc2ccncc2)c1N. The van der Waals surface area contributed by atoms with Gasteiger partial charge in [-0.05, 0) is 30.5 Å². The van der Waals surface area contributed by atoms with E-state index in [0.717, 1.165) is 24.1 Å². The van der Waals surface area contributed by atoms with Crippen LogP contribution < -0.4 is 11.1 Å². The lowest BCUT2D eigenvalue weighted by molar-refractivity contribution is 0.0950. The highest BCUT2D eigenvalue weighted by molar-refractivity contribution is 5.97. The molecule has 19 heavy (non-hydrogen) atoms. The van der Waals surface area contributed by atoms with Crippen LogP contribution in [0.15, 0.2) is 24.5 Å². The van der Waals surface area contributed by atoms with E-state index in [2.05, 4.69) is 20.5 Å². The first kappa shape index (κ1) is 13.1. The smallest absolute Gasteiger partial charge is 0.273 e. The second-order valence-electron chi connectivity index (χ2n) is 4.18. The Balaban J connectivity index is 1.89. The molecule has 0 aliphatic rings. The molecule has 4 N–H and O–H groups in total. The molecule has 2 rings (SSSR count). The number of pyridine rings is 1. The molecule has 0 aromatic carbocycles. The van der Waals surface area contributed by atoms with Gasteiger partial charge in [0.2, 0.25) is 0 Å². The van der Waals surface area contributed by atoms with Gasteiger partial charge < -0.3 is 11.1 Å². The number of nitrogens with one attached hydrogen (secondary N) is 2. The minimum atomic E-state index is -0.248. The summed E-state index contributed by atoms with van der Waals surface area (Å²) in [6, 6.07) is 3.84. The molecular weight excluding hydrogens is 242 g/mol. The van der Waals surface area contributed by atoms with Crippen LogP contribution in [0.5, 0.6) is 0 Å². The molecule has 0 atom stereocenters. The largest absolute Gasteiger partial charge is 0.395 e. The van der Waals surface area contributed by atoms with Crippen molar-refractivity contribution in [2.45, 2.75) is 19.8 Å². The zero-order chi connectivity index (χ0) is 13.7. The molecule has 0 bridgehead atoms. The highest BCUT2D eigenvalue weighted by Gasteiger charge is 2.15. The number of nitrogens with zero attached hydrogens (tertiary/aromatic N) is 2. The lowest BCUT2D eigenvalue weighted by Crippen LogP contribution is -2.26. The fourth-order valence-electron chi connectivity index (χ4n) is 1.78. The van der Waals surface area contributed by atoms with Crippen LogP contribution in [0, 0.1) is 0 Å². The van der Waals surface area contributed by atoms with Gasteiger partial charge in [0.05, 0.1) is 11.4 Å². The van der Waals surface area contributed by atoms with E-state index in [1.807, 2.05) is 19.1 Å². The third-order valence-corrected chi connectivity index (χ3v) is 2.90. The molecule has 0 unspecified atom stereocenters. The van der Waals surface area contributed by atoms with Gasteiger partial charge in [0, 0.05) is 18.9 Å². The van der Waals surface area contributed by atoms with Gasteiger partial charge in [-0.2, -0.15) is 5.10 Å². The van der Waals surface area contributed by atoms with E-state index >= 15 is 0 Å². The van der Waals surface area contributed by atoms with Gasteiger partial charge in [-0.3, -0.25) is 14.9 Å². The maximum Gasteiger partial charge on any atom is 0.273 e. The first-order valence-corrected chi connectivity index (χ1v) is 6.22. The van der Waals surface area contributed by atoms with E-state index < -0.39 is 0 Å². The summed E-state index contributed by atoms with van der Waals surface area (Å²) in [5.74, 6) is -0.248. The van der Waals surface area contributed by atoms with E-state index in [0.29, 0.717) is 12.2 Å². The van der Waals surface area contributed by atoms with Crippen molar-refractivity contribution >= 4 is 11.6 Å². The number of aromatic nitrogens is 3. The van der Waals surface area contributed by atoms with Crippen LogP contribution in [0.3, 0.4) is 0 Å². The predicted molar refractivity (Wildman–Crippen MR) is 72.7 cm³/mol. The lowest BCUT2D eigenvalue weighted by Gasteiger charge is -2.04. The highest BCUT2D eigenvalue weighted by Crippen LogP contribution is 2.13. The van der Waals surface area contributed by atoms with E-state index in [4.69, 9.17) is 5.73 Å². The molecule has 6 heteroatoms. The minimum absolute atomic E-state index is 0.248. The van der Waals surface area contributed by atoms with E-state index in [1.54, 1.807) is 12.4 Å².